The van der Waals surface area contributed by atoms with E-state index in [-0.39, 0.29) is 24.5 Å². The standard InChI is InChI=1S/C21H34N2O13P2/c1-7-32-38(31,33-8-2)22-19(15-9-11-16(12-10-15)23(27)28)37(29,30)36-18(21(26)35-14(5)6)17(24)20(25)34-13(3)4/h9-14,17-19,24H,7-8H2,1-6H3,(H,22,31)(H,29,30)/t17-,18-,19+/m1/s1. The normalized spacial score (nSPS) is 15.9. The van der Waals surface area contributed by atoms with Crippen molar-refractivity contribution in [2.75, 3.05) is 13.2 Å². The molecule has 1 aromatic carbocycles. The average molecular weight is 584 g/mol. The SMILES string of the molecule is CCOP(=O)(N[C@H](c1ccc([N+](=O)[O-])cc1)P(=O)(O)O[C@@H](C(=O)OC(C)C)[C@@H](O)C(=O)OC(C)C)OCC. The highest BCUT2D eigenvalue weighted by atomic mass is 31.2. The van der Waals surface area contributed by atoms with Crippen molar-refractivity contribution in [2.45, 2.75) is 71.7 Å². The molecular weight excluding hydrogens is 550 g/mol. The molecule has 3 N–H and O–H groups in total. The Bertz CT molecular complexity index is 1040. The molecule has 1 unspecified atom stereocenters. The first-order chi connectivity index (χ1) is 17.6. The summed E-state index contributed by atoms with van der Waals surface area (Å²) in [4.78, 5) is 46.4. The summed E-state index contributed by atoms with van der Waals surface area (Å²) < 4.78 is 52.0. The maximum atomic E-state index is 13.6. The zero-order valence-electron chi connectivity index (χ0n) is 21.8. The minimum Gasteiger partial charge on any atom is -0.461 e. The number of aliphatic hydroxyl groups excluding tert-OH is 1. The summed E-state index contributed by atoms with van der Waals surface area (Å²) in [6.07, 6.45) is -6.20. The van der Waals surface area contributed by atoms with Crippen LogP contribution in [-0.4, -0.2) is 64.5 Å². The zero-order valence-corrected chi connectivity index (χ0v) is 23.6. The maximum Gasteiger partial charge on any atom is 0.406 e. The van der Waals surface area contributed by atoms with E-state index in [1.54, 1.807) is 0 Å². The Kier molecular flexibility index (Phi) is 13.2. The van der Waals surface area contributed by atoms with Gasteiger partial charge < -0.3 is 19.5 Å². The van der Waals surface area contributed by atoms with Crippen molar-refractivity contribution in [3.05, 3.63) is 39.9 Å². The fourth-order valence-corrected chi connectivity index (χ4v) is 6.45. The molecular formula is C21H34N2O13P2. The number of non-ortho nitro benzene ring substituents is 1. The number of carbonyl (C=O) groups is 2. The van der Waals surface area contributed by atoms with Gasteiger partial charge in [0.25, 0.3) is 5.69 Å². The minimum atomic E-state index is -5.27. The van der Waals surface area contributed by atoms with E-state index >= 15 is 0 Å². The molecule has 0 saturated carbocycles. The lowest BCUT2D eigenvalue weighted by Crippen LogP contribution is -2.44. The summed E-state index contributed by atoms with van der Waals surface area (Å²) in [5.41, 5.74) is -0.513. The first-order valence-corrected chi connectivity index (χ1v) is 14.8. The number of esters is 2. The first-order valence-electron chi connectivity index (χ1n) is 11.6. The van der Waals surface area contributed by atoms with Crippen LogP contribution in [0.25, 0.3) is 0 Å². The first kappa shape index (κ1) is 33.8. The smallest absolute Gasteiger partial charge is 0.406 e. The third-order valence-electron chi connectivity index (χ3n) is 4.35. The predicted octanol–water partition coefficient (Wildman–Crippen LogP) is 3.20. The number of aliphatic hydroxyl groups is 1. The number of nitro benzene ring substituents is 1. The molecule has 0 aromatic heterocycles. The van der Waals surface area contributed by atoms with Crippen molar-refractivity contribution < 1.29 is 56.7 Å². The molecule has 0 bridgehead atoms. The Morgan fingerprint density at radius 1 is 0.974 bits per heavy atom. The van der Waals surface area contributed by atoms with Crippen LogP contribution in [0, 0.1) is 10.1 Å². The lowest BCUT2D eigenvalue weighted by molar-refractivity contribution is -0.384. The summed E-state index contributed by atoms with van der Waals surface area (Å²) in [6.45, 7) is 8.53. The molecule has 216 valence electrons. The molecule has 0 fully saturated rings. The maximum absolute atomic E-state index is 13.6. The molecule has 0 aliphatic heterocycles. The molecule has 0 heterocycles. The van der Waals surface area contributed by atoms with Crippen LogP contribution in [0.4, 0.5) is 5.69 Å². The van der Waals surface area contributed by atoms with Gasteiger partial charge in [-0.25, -0.2) is 19.2 Å². The fraction of sp³-hybridized carbons (Fsp3) is 0.619. The number of ether oxygens (including phenoxy) is 2. The number of hydrogen-bond acceptors (Lipinski definition) is 12. The topological polar surface area (TPSA) is 210 Å². The van der Waals surface area contributed by atoms with Crippen LogP contribution in [0.15, 0.2) is 24.3 Å². The van der Waals surface area contributed by atoms with Crippen molar-refractivity contribution in [1.29, 1.82) is 0 Å². The Labute approximate surface area is 220 Å². The van der Waals surface area contributed by atoms with Gasteiger partial charge in [0.15, 0.2) is 6.10 Å². The number of hydrogen-bond donors (Lipinski definition) is 3. The second-order valence-corrected chi connectivity index (χ2v) is 11.8. The molecule has 17 heteroatoms. The van der Waals surface area contributed by atoms with Crippen molar-refractivity contribution in [1.82, 2.24) is 5.09 Å². The molecule has 1 aromatic rings. The third kappa shape index (κ3) is 10.2. The quantitative estimate of drug-likeness (QED) is 0.110. The Morgan fingerprint density at radius 3 is 1.87 bits per heavy atom. The van der Waals surface area contributed by atoms with Crippen LogP contribution in [0.1, 0.15) is 52.9 Å². The van der Waals surface area contributed by atoms with E-state index < -0.39 is 62.4 Å². The van der Waals surface area contributed by atoms with Crippen LogP contribution in [0.3, 0.4) is 0 Å². The van der Waals surface area contributed by atoms with Crippen molar-refractivity contribution >= 4 is 33.0 Å². The number of carbonyl (C=O) groups excluding carboxylic acids is 2. The van der Waals surface area contributed by atoms with Gasteiger partial charge in [0.1, 0.15) is 5.78 Å². The lowest BCUT2D eigenvalue weighted by Gasteiger charge is -2.30. The number of nitro groups is 1. The van der Waals surface area contributed by atoms with Crippen LogP contribution < -0.4 is 5.09 Å². The van der Waals surface area contributed by atoms with Crippen molar-refractivity contribution in [3.8, 4) is 0 Å². The Hall–Kier alpha value is -2.22. The van der Waals surface area contributed by atoms with Gasteiger partial charge in [0, 0.05) is 12.1 Å². The summed E-state index contributed by atoms with van der Waals surface area (Å²) in [6, 6.07) is 4.18. The fourth-order valence-electron chi connectivity index (χ4n) is 2.89. The Balaban J connectivity index is 3.58. The van der Waals surface area contributed by atoms with Crippen LogP contribution in [0.5, 0.6) is 0 Å². The highest BCUT2D eigenvalue weighted by Gasteiger charge is 2.47. The van der Waals surface area contributed by atoms with E-state index in [9.17, 15) is 38.8 Å². The van der Waals surface area contributed by atoms with Crippen LogP contribution in [-0.2, 0) is 41.8 Å². The number of nitrogens with one attached hydrogen (secondary N) is 1. The molecule has 0 amide bonds. The lowest BCUT2D eigenvalue weighted by atomic mass is 10.2. The van der Waals surface area contributed by atoms with Crippen LogP contribution >= 0.6 is 15.3 Å². The van der Waals surface area contributed by atoms with E-state index in [1.165, 1.54) is 41.5 Å². The Morgan fingerprint density at radius 2 is 1.45 bits per heavy atom. The molecule has 1 rings (SSSR count). The molecule has 0 aliphatic carbocycles. The van der Waals surface area contributed by atoms with Gasteiger partial charge in [-0.05, 0) is 59.2 Å². The molecule has 4 atom stereocenters. The largest absolute Gasteiger partial charge is 0.461 e. The highest BCUT2D eigenvalue weighted by Crippen LogP contribution is 2.61. The molecule has 0 radical (unpaired) electrons. The van der Waals surface area contributed by atoms with Crippen LogP contribution in [0.2, 0.25) is 0 Å². The van der Waals surface area contributed by atoms with Gasteiger partial charge in [0.05, 0.1) is 30.3 Å². The molecule has 0 saturated heterocycles. The zero-order chi connectivity index (χ0) is 29.3. The van der Waals surface area contributed by atoms with Gasteiger partial charge >= 0.3 is 27.3 Å². The molecule has 0 aliphatic rings. The van der Waals surface area contributed by atoms with Crippen molar-refractivity contribution in [2.24, 2.45) is 0 Å². The summed E-state index contributed by atoms with van der Waals surface area (Å²) in [5.74, 6) is -4.67. The van der Waals surface area contributed by atoms with Gasteiger partial charge in [0.2, 0.25) is 6.10 Å². The minimum absolute atomic E-state index is 0.142. The van der Waals surface area contributed by atoms with E-state index in [2.05, 4.69) is 5.09 Å². The van der Waals surface area contributed by atoms with E-state index in [1.807, 2.05) is 0 Å². The second kappa shape index (κ2) is 14.8. The van der Waals surface area contributed by atoms with Crippen molar-refractivity contribution in [3.63, 3.8) is 0 Å². The highest BCUT2D eigenvalue weighted by molar-refractivity contribution is 7.56. The van der Waals surface area contributed by atoms with Gasteiger partial charge in [-0.3, -0.25) is 28.3 Å². The van der Waals surface area contributed by atoms with E-state index in [0.717, 1.165) is 24.3 Å². The number of nitrogens with zero attached hydrogens (tertiary/aromatic N) is 1. The monoisotopic (exact) mass is 584 g/mol. The van der Waals surface area contributed by atoms with Gasteiger partial charge in [-0.15, -0.1) is 0 Å². The number of rotatable bonds is 16. The number of benzene rings is 1. The molecule has 15 nitrogen and oxygen atoms in total. The van der Waals surface area contributed by atoms with Gasteiger partial charge in [-0.1, -0.05) is 0 Å². The predicted molar refractivity (Wildman–Crippen MR) is 133 cm³/mol. The average Bonchev–Trinajstić information content (AvgIpc) is 2.80. The third-order valence-corrected chi connectivity index (χ3v) is 7.94. The van der Waals surface area contributed by atoms with E-state index in [4.69, 9.17) is 23.0 Å². The van der Waals surface area contributed by atoms with Gasteiger partial charge in [-0.2, -0.15) is 0 Å². The second-order valence-electron chi connectivity index (χ2n) is 8.22. The summed E-state index contributed by atoms with van der Waals surface area (Å²) in [5, 5.41) is 23.8. The van der Waals surface area contributed by atoms with E-state index in [0.29, 0.717) is 0 Å². The summed E-state index contributed by atoms with van der Waals surface area (Å²) in [7, 11) is -9.56. The molecule has 38 heavy (non-hydrogen) atoms. The summed E-state index contributed by atoms with van der Waals surface area (Å²) >= 11 is 0. The molecule has 0 spiro atoms.